The minimum absolute atomic E-state index is 0.0963. The molecular formula is C29H23F3O7. The summed E-state index contributed by atoms with van der Waals surface area (Å²) in [5, 5.41) is -0.177. The van der Waals surface area contributed by atoms with Gasteiger partial charge in [-0.15, -0.1) is 0 Å². The molecule has 4 rings (SSSR count). The van der Waals surface area contributed by atoms with Crippen LogP contribution in [0.1, 0.15) is 22.5 Å². The Morgan fingerprint density at radius 3 is 2.33 bits per heavy atom. The average molecular weight is 540 g/mol. The van der Waals surface area contributed by atoms with E-state index in [2.05, 4.69) is 0 Å². The van der Waals surface area contributed by atoms with Crippen molar-refractivity contribution in [3.63, 3.8) is 0 Å². The second-order valence-corrected chi connectivity index (χ2v) is 8.49. The van der Waals surface area contributed by atoms with E-state index in [-0.39, 0.29) is 16.9 Å². The summed E-state index contributed by atoms with van der Waals surface area (Å²) in [5.41, 5.74) is 0.448. The molecule has 0 saturated carbocycles. The molecule has 0 aliphatic rings. The summed E-state index contributed by atoms with van der Waals surface area (Å²) in [7, 11) is 2.97. The number of aryl methyl sites for hydroxylation is 2. The Morgan fingerprint density at radius 1 is 0.897 bits per heavy atom. The number of hydrogen-bond acceptors (Lipinski definition) is 7. The third kappa shape index (κ3) is 6.06. The number of carbonyl (C=O) groups is 1. The highest BCUT2D eigenvalue weighted by Crippen LogP contribution is 2.39. The zero-order valence-corrected chi connectivity index (χ0v) is 21.3. The molecule has 0 spiro atoms. The zero-order chi connectivity index (χ0) is 28.3. The molecule has 7 nitrogen and oxygen atoms in total. The van der Waals surface area contributed by atoms with Crippen molar-refractivity contribution >= 4 is 23.0 Å². The average Bonchev–Trinajstić information content (AvgIpc) is 2.90. The van der Waals surface area contributed by atoms with Gasteiger partial charge < -0.3 is 23.4 Å². The molecule has 0 saturated heterocycles. The Balaban J connectivity index is 1.64. The Labute approximate surface area is 221 Å². The van der Waals surface area contributed by atoms with Crippen LogP contribution in [0.15, 0.2) is 69.9 Å². The van der Waals surface area contributed by atoms with E-state index < -0.39 is 34.7 Å². The standard InChI is InChI=1S/C29H23F3O7/c1-16-5-6-17(2)22(13-16)38-27-26(34)20-10-9-19(15-23(20)39-28(27)29(30,31)32)37-25(33)12-8-18-7-11-21(35-3)24(14-18)36-4/h5-15H,1-4H3. The Hall–Kier alpha value is -4.73. The maximum Gasteiger partial charge on any atom is 0.453 e. The molecule has 39 heavy (non-hydrogen) atoms. The molecule has 0 aliphatic carbocycles. The second-order valence-electron chi connectivity index (χ2n) is 8.49. The molecule has 0 atom stereocenters. The molecule has 202 valence electrons. The van der Waals surface area contributed by atoms with Crippen LogP contribution in [0, 0.1) is 13.8 Å². The number of methoxy groups -OCH3 is 2. The highest BCUT2D eigenvalue weighted by molar-refractivity contribution is 5.89. The van der Waals surface area contributed by atoms with Gasteiger partial charge in [0, 0.05) is 12.1 Å². The number of fused-ring (bicyclic) bond motifs is 1. The third-order valence-corrected chi connectivity index (χ3v) is 5.67. The van der Waals surface area contributed by atoms with Crippen LogP contribution in [0.25, 0.3) is 17.0 Å². The van der Waals surface area contributed by atoms with Gasteiger partial charge in [0.05, 0.1) is 19.6 Å². The van der Waals surface area contributed by atoms with Crippen LogP contribution >= 0.6 is 0 Å². The Kier molecular flexibility index (Phi) is 7.66. The maximum absolute atomic E-state index is 13.9. The summed E-state index contributed by atoms with van der Waals surface area (Å²) in [6.45, 7) is 3.39. The van der Waals surface area contributed by atoms with Gasteiger partial charge in [0.1, 0.15) is 17.1 Å². The van der Waals surface area contributed by atoms with Crippen molar-refractivity contribution in [3.8, 4) is 28.7 Å². The van der Waals surface area contributed by atoms with Crippen LogP contribution in [-0.2, 0) is 11.0 Å². The minimum Gasteiger partial charge on any atom is -0.493 e. The molecule has 10 heteroatoms. The van der Waals surface area contributed by atoms with Gasteiger partial charge in [0.25, 0.3) is 5.76 Å². The van der Waals surface area contributed by atoms with Crippen LogP contribution in [0.3, 0.4) is 0 Å². The lowest BCUT2D eigenvalue weighted by molar-refractivity contribution is -0.154. The van der Waals surface area contributed by atoms with Gasteiger partial charge in [-0.1, -0.05) is 18.2 Å². The fourth-order valence-electron chi connectivity index (χ4n) is 3.70. The summed E-state index contributed by atoms with van der Waals surface area (Å²) >= 11 is 0. The van der Waals surface area contributed by atoms with E-state index >= 15 is 0 Å². The predicted octanol–water partition coefficient (Wildman–Crippen LogP) is 6.86. The lowest BCUT2D eigenvalue weighted by Gasteiger charge is -2.15. The molecule has 0 N–H and O–H groups in total. The molecule has 1 aromatic heterocycles. The monoisotopic (exact) mass is 540 g/mol. The van der Waals surface area contributed by atoms with Crippen molar-refractivity contribution in [2.75, 3.05) is 14.2 Å². The Morgan fingerprint density at radius 2 is 1.64 bits per heavy atom. The summed E-state index contributed by atoms with van der Waals surface area (Å²) in [6.07, 6.45) is -2.44. The molecule has 0 fully saturated rings. The highest BCUT2D eigenvalue weighted by atomic mass is 19.4. The van der Waals surface area contributed by atoms with Gasteiger partial charge in [-0.05, 0) is 66.9 Å². The van der Waals surface area contributed by atoms with Gasteiger partial charge >= 0.3 is 12.1 Å². The van der Waals surface area contributed by atoms with Gasteiger partial charge in [0.15, 0.2) is 11.5 Å². The zero-order valence-electron chi connectivity index (χ0n) is 21.3. The second kappa shape index (κ2) is 10.9. The number of rotatable bonds is 7. The van der Waals surface area contributed by atoms with Crippen LogP contribution in [-0.4, -0.2) is 20.2 Å². The minimum atomic E-state index is -5.03. The first kappa shape index (κ1) is 27.3. The molecule has 0 aliphatic heterocycles. The number of carbonyl (C=O) groups excluding carboxylic acids is 1. The van der Waals surface area contributed by atoms with Crippen molar-refractivity contribution in [3.05, 3.63) is 93.3 Å². The number of alkyl halides is 3. The van der Waals surface area contributed by atoms with E-state index in [4.69, 9.17) is 23.4 Å². The summed E-state index contributed by atoms with van der Waals surface area (Å²) in [5.74, 6) is -2.45. The van der Waals surface area contributed by atoms with Gasteiger partial charge in [-0.25, -0.2) is 4.79 Å². The van der Waals surface area contributed by atoms with Crippen LogP contribution in [0.4, 0.5) is 13.2 Å². The van der Waals surface area contributed by atoms with Gasteiger partial charge in [-0.3, -0.25) is 4.79 Å². The van der Waals surface area contributed by atoms with Crippen molar-refractivity contribution in [2.24, 2.45) is 0 Å². The fourth-order valence-corrected chi connectivity index (χ4v) is 3.70. The summed E-state index contributed by atoms with van der Waals surface area (Å²) in [4.78, 5) is 25.4. The summed E-state index contributed by atoms with van der Waals surface area (Å²) in [6, 6.07) is 13.5. The molecule has 0 bridgehead atoms. The SMILES string of the molecule is COc1ccc(C=CC(=O)Oc2ccc3c(=O)c(Oc4cc(C)ccc4C)c(C(F)(F)F)oc3c2)cc1OC. The van der Waals surface area contributed by atoms with Crippen LogP contribution < -0.4 is 24.4 Å². The highest BCUT2D eigenvalue weighted by Gasteiger charge is 2.40. The van der Waals surface area contributed by atoms with Crippen LogP contribution in [0.5, 0.6) is 28.7 Å². The van der Waals surface area contributed by atoms with Crippen LogP contribution in [0.2, 0.25) is 0 Å². The molecule has 0 unspecified atom stereocenters. The molecule has 0 amide bonds. The van der Waals surface area contributed by atoms with Gasteiger partial charge in [0.2, 0.25) is 11.2 Å². The first-order chi connectivity index (χ1) is 18.5. The Bertz CT molecular complexity index is 1630. The van der Waals surface area contributed by atoms with E-state index in [1.54, 1.807) is 44.2 Å². The predicted molar refractivity (Wildman–Crippen MR) is 138 cm³/mol. The smallest absolute Gasteiger partial charge is 0.453 e. The lowest BCUT2D eigenvalue weighted by atomic mass is 10.1. The molecule has 3 aromatic carbocycles. The molecule has 0 radical (unpaired) electrons. The molecule has 4 aromatic rings. The topological polar surface area (TPSA) is 84.2 Å². The van der Waals surface area contributed by atoms with Gasteiger partial charge in [-0.2, -0.15) is 13.2 Å². The fraction of sp³-hybridized carbons (Fsp3) is 0.172. The quantitative estimate of drug-likeness (QED) is 0.144. The number of halogens is 3. The normalized spacial score (nSPS) is 11.6. The number of ether oxygens (including phenoxy) is 4. The largest absolute Gasteiger partial charge is 0.493 e. The van der Waals surface area contributed by atoms with E-state index in [0.29, 0.717) is 22.6 Å². The number of benzene rings is 3. The number of hydrogen-bond donors (Lipinski definition) is 0. The first-order valence-electron chi connectivity index (χ1n) is 11.5. The van der Waals surface area contributed by atoms with Crippen molar-refractivity contribution in [2.45, 2.75) is 20.0 Å². The van der Waals surface area contributed by atoms with E-state index in [1.807, 2.05) is 0 Å². The van der Waals surface area contributed by atoms with Crippen molar-refractivity contribution in [1.29, 1.82) is 0 Å². The van der Waals surface area contributed by atoms with E-state index in [1.165, 1.54) is 38.5 Å². The van der Waals surface area contributed by atoms with E-state index in [9.17, 15) is 22.8 Å². The van der Waals surface area contributed by atoms with Crippen molar-refractivity contribution < 1.29 is 41.3 Å². The summed E-state index contributed by atoms with van der Waals surface area (Å²) < 4.78 is 67.8. The molecular weight excluding hydrogens is 517 g/mol. The first-order valence-corrected chi connectivity index (χ1v) is 11.5. The lowest BCUT2D eigenvalue weighted by Crippen LogP contribution is -2.16. The maximum atomic E-state index is 13.9. The van der Waals surface area contributed by atoms with E-state index in [0.717, 1.165) is 17.7 Å². The third-order valence-electron chi connectivity index (χ3n) is 5.67. The van der Waals surface area contributed by atoms with Crippen molar-refractivity contribution in [1.82, 2.24) is 0 Å². The number of esters is 1. The molecule has 1 heterocycles.